The highest BCUT2D eigenvalue weighted by molar-refractivity contribution is 5.82. The number of ether oxygens (including phenoxy) is 2. The van der Waals surface area contributed by atoms with Gasteiger partial charge in [0.2, 0.25) is 5.91 Å². The molecule has 0 aliphatic carbocycles. The van der Waals surface area contributed by atoms with Crippen LogP contribution in [0.15, 0.2) is 0 Å². The van der Waals surface area contributed by atoms with Gasteiger partial charge in [0, 0.05) is 32.2 Å². The van der Waals surface area contributed by atoms with Gasteiger partial charge in [-0.3, -0.25) is 9.69 Å². The molecule has 6 nitrogen and oxygen atoms in total. The fraction of sp³-hybridized carbons (Fsp3) is 0.923. The topological polar surface area (TPSA) is 62.8 Å². The quantitative estimate of drug-likeness (QED) is 0.701. The summed E-state index contributed by atoms with van der Waals surface area (Å²) in [7, 11) is 0. The minimum atomic E-state index is -0.226. The van der Waals surface area contributed by atoms with Crippen molar-refractivity contribution in [3.05, 3.63) is 0 Å². The van der Waals surface area contributed by atoms with E-state index in [9.17, 15) is 4.79 Å². The SMILES string of the molecule is CC1COCCN1CCNC(=O)[C@H]1NCCO[C@@H]1C. The molecule has 2 N–H and O–H groups in total. The van der Waals surface area contributed by atoms with Crippen molar-refractivity contribution in [1.29, 1.82) is 0 Å². The standard InChI is InChI=1S/C13H25N3O3/c1-10-9-18-8-6-16(10)5-3-15-13(17)12-11(2)19-7-4-14-12/h10-12,14H,3-9H2,1-2H3,(H,15,17)/t10?,11-,12+/m1/s1. The molecule has 1 unspecified atom stereocenters. The molecule has 0 aromatic carbocycles. The number of carbonyl (C=O) groups is 1. The Morgan fingerprint density at radius 2 is 2.26 bits per heavy atom. The second-order valence-corrected chi connectivity index (χ2v) is 5.26. The van der Waals surface area contributed by atoms with Gasteiger partial charge < -0.3 is 20.1 Å². The average molecular weight is 271 g/mol. The first kappa shape index (κ1) is 14.7. The minimum absolute atomic E-state index is 0.0353. The molecule has 0 bridgehead atoms. The van der Waals surface area contributed by atoms with Gasteiger partial charge in [0.1, 0.15) is 6.04 Å². The van der Waals surface area contributed by atoms with Crippen molar-refractivity contribution >= 4 is 5.91 Å². The first-order chi connectivity index (χ1) is 9.18. The van der Waals surface area contributed by atoms with Gasteiger partial charge in [-0.2, -0.15) is 0 Å². The molecule has 2 rings (SSSR count). The average Bonchev–Trinajstić information content (AvgIpc) is 2.41. The van der Waals surface area contributed by atoms with Crippen molar-refractivity contribution in [2.75, 3.05) is 46.0 Å². The Morgan fingerprint density at radius 1 is 1.42 bits per heavy atom. The third-order valence-corrected chi connectivity index (χ3v) is 3.80. The molecule has 3 atom stereocenters. The van der Waals surface area contributed by atoms with Crippen LogP contribution in [0.2, 0.25) is 0 Å². The lowest BCUT2D eigenvalue weighted by Gasteiger charge is -2.33. The predicted octanol–water partition coefficient (Wildman–Crippen LogP) is -0.800. The maximum atomic E-state index is 12.0. The molecule has 1 amide bonds. The van der Waals surface area contributed by atoms with Gasteiger partial charge in [-0.25, -0.2) is 0 Å². The molecule has 0 radical (unpaired) electrons. The van der Waals surface area contributed by atoms with Gasteiger partial charge in [-0.05, 0) is 13.8 Å². The summed E-state index contributed by atoms with van der Waals surface area (Å²) in [6.07, 6.45) is -0.0592. The molecular weight excluding hydrogens is 246 g/mol. The van der Waals surface area contributed by atoms with Crippen molar-refractivity contribution in [2.24, 2.45) is 0 Å². The number of nitrogens with zero attached hydrogens (tertiary/aromatic N) is 1. The van der Waals surface area contributed by atoms with Crippen molar-refractivity contribution in [2.45, 2.75) is 32.0 Å². The van der Waals surface area contributed by atoms with E-state index in [-0.39, 0.29) is 18.1 Å². The summed E-state index contributed by atoms with van der Waals surface area (Å²) < 4.78 is 10.9. The molecule has 2 saturated heterocycles. The Morgan fingerprint density at radius 3 is 3.00 bits per heavy atom. The van der Waals surface area contributed by atoms with Gasteiger partial charge in [0.15, 0.2) is 0 Å². The van der Waals surface area contributed by atoms with Crippen molar-refractivity contribution in [3.8, 4) is 0 Å². The highest BCUT2D eigenvalue weighted by atomic mass is 16.5. The van der Waals surface area contributed by atoms with E-state index in [1.807, 2.05) is 6.92 Å². The van der Waals surface area contributed by atoms with Crippen LogP contribution >= 0.6 is 0 Å². The van der Waals surface area contributed by atoms with Gasteiger partial charge in [0.05, 0.1) is 25.9 Å². The largest absolute Gasteiger partial charge is 0.379 e. The maximum Gasteiger partial charge on any atom is 0.239 e. The molecule has 2 fully saturated rings. The van der Waals surface area contributed by atoms with Crippen molar-refractivity contribution in [3.63, 3.8) is 0 Å². The van der Waals surface area contributed by atoms with E-state index < -0.39 is 0 Å². The van der Waals surface area contributed by atoms with Crippen LogP contribution < -0.4 is 10.6 Å². The van der Waals surface area contributed by atoms with Crippen LogP contribution in [0.3, 0.4) is 0 Å². The molecule has 0 saturated carbocycles. The monoisotopic (exact) mass is 271 g/mol. The summed E-state index contributed by atoms with van der Waals surface area (Å²) >= 11 is 0. The van der Waals surface area contributed by atoms with Crippen LogP contribution in [0.5, 0.6) is 0 Å². The zero-order valence-electron chi connectivity index (χ0n) is 11.9. The third kappa shape index (κ3) is 4.14. The van der Waals surface area contributed by atoms with E-state index in [0.29, 0.717) is 19.2 Å². The van der Waals surface area contributed by atoms with Crippen molar-refractivity contribution in [1.82, 2.24) is 15.5 Å². The fourth-order valence-electron chi connectivity index (χ4n) is 2.55. The number of carbonyl (C=O) groups excluding carboxylic acids is 1. The molecular formula is C13H25N3O3. The normalized spacial score (nSPS) is 33.1. The molecule has 110 valence electrons. The Balaban J connectivity index is 1.68. The molecule has 0 aromatic heterocycles. The first-order valence-electron chi connectivity index (χ1n) is 7.13. The van der Waals surface area contributed by atoms with E-state index in [4.69, 9.17) is 9.47 Å². The van der Waals surface area contributed by atoms with Crippen molar-refractivity contribution < 1.29 is 14.3 Å². The van der Waals surface area contributed by atoms with Crippen LogP contribution in [0.1, 0.15) is 13.8 Å². The fourth-order valence-corrected chi connectivity index (χ4v) is 2.55. The Labute approximate surface area is 114 Å². The predicted molar refractivity (Wildman–Crippen MR) is 72.1 cm³/mol. The summed E-state index contributed by atoms with van der Waals surface area (Å²) in [5, 5.41) is 6.18. The number of rotatable bonds is 4. The van der Waals surface area contributed by atoms with Gasteiger partial charge in [-0.15, -0.1) is 0 Å². The van der Waals surface area contributed by atoms with Gasteiger partial charge in [-0.1, -0.05) is 0 Å². The highest BCUT2D eigenvalue weighted by Crippen LogP contribution is 2.06. The number of amides is 1. The molecule has 2 aliphatic heterocycles. The van der Waals surface area contributed by atoms with E-state index in [1.54, 1.807) is 0 Å². The summed E-state index contributed by atoms with van der Waals surface area (Å²) in [5.74, 6) is 0.0353. The number of hydrogen-bond acceptors (Lipinski definition) is 5. The number of hydrogen-bond donors (Lipinski definition) is 2. The van der Waals surface area contributed by atoms with Crippen LogP contribution in [-0.4, -0.2) is 75.0 Å². The number of morpholine rings is 2. The second-order valence-electron chi connectivity index (χ2n) is 5.26. The Bertz CT molecular complexity index is 301. The first-order valence-corrected chi connectivity index (χ1v) is 7.13. The number of nitrogens with one attached hydrogen (secondary N) is 2. The smallest absolute Gasteiger partial charge is 0.239 e. The Kier molecular flexibility index (Phi) is 5.57. The van der Waals surface area contributed by atoms with Gasteiger partial charge in [0.25, 0.3) is 0 Å². The van der Waals surface area contributed by atoms with E-state index in [2.05, 4.69) is 22.5 Å². The molecule has 19 heavy (non-hydrogen) atoms. The summed E-state index contributed by atoms with van der Waals surface area (Å²) in [6.45, 7) is 9.56. The summed E-state index contributed by atoms with van der Waals surface area (Å²) in [5.41, 5.74) is 0. The molecule has 6 heteroatoms. The second kappa shape index (κ2) is 7.19. The summed E-state index contributed by atoms with van der Waals surface area (Å²) in [4.78, 5) is 14.4. The molecule has 0 aromatic rings. The zero-order chi connectivity index (χ0) is 13.7. The molecule has 2 heterocycles. The molecule has 0 spiro atoms. The summed E-state index contributed by atoms with van der Waals surface area (Å²) in [6, 6.07) is 0.205. The van der Waals surface area contributed by atoms with Crippen LogP contribution in [0, 0.1) is 0 Å². The lowest BCUT2D eigenvalue weighted by Crippen LogP contribution is -2.56. The van der Waals surface area contributed by atoms with E-state index >= 15 is 0 Å². The zero-order valence-corrected chi connectivity index (χ0v) is 11.9. The van der Waals surface area contributed by atoms with Crippen LogP contribution in [-0.2, 0) is 14.3 Å². The lowest BCUT2D eigenvalue weighted by atomic mass is 10.1. The van der Waals surface area contributed by atoms with E-state index in [0.717, 1.165) is 32.8 Å². The van der Waals surface area contributed by atoms with Crippen LogP contribution in [0.4, 0.5) is 0 Å². The maximum absolute atomic E-state index is 12.0. The third-order valence-electron chi connectivity index (χ3n) is 3.80. The minimum Gasteiger partial charge on any atom is -0.379 e. The van der Waals surface area contributed by atoms with E-state index in [1.165, 1.54) is 0 Å². The Hall–Kier alpha value is -0.690. The lowest BCUT2D eigenvalue weighted by molar-refractivity contribution is -0.129. The van der Waals surface area contributed by atoms with Gasteiger partial charge >= 0.3 is 0 Å². The molecule has 2 aliphatic rings. The highest BCUT2D eigenvalue weighted by Gasteiger charge is 2.28. The van der Waals surface area contributed by atoms with Crippen LogP contribution in [0.25, 0.3) is 0 Å².